The third-order valence-corrected chi connectivity index (χ3v) is 6.86. The van der Waals surface area contributed by atoms with Gasteiger partial charge in [0.2, 0.25) is 10.0 Å². The van der Waals surface area contributed by atoms with Crippen LogP contribution in [-0.4, -0.2) is 31.8 Å². The maximum atomic E-state index is 13.3. The largest absolute Gasteiger partial charge is 0.334 e. The molecule has 6 heteroatoms. The van der Waals surface area contributed by atoms with Gasteiger partial charge >= 0.3 is 0 Å². The van der Waals surface area contributed by atoms with Crippen LogP contribution in [0.1, 0.15) is 34.3 Å². The summed E-state index contributed by atoms with van der Waals surface area (Å²) < 4.78 is 27.4. The van der Waals surface area contributed by atoms with E-state index in [-0.39, 0.29) is 16.8 Å². The molecule has 1 N–H and O–H groups in total. The number of hydrogen-bond donors (Lipinski definition) is 1. The number of nitrogens with zero attached hydrogens (tertiary/aromatic N) is 1. The summed E-state index contributed by atoms with van der Waals surface area (Å²) in [6.45, 7) is 1.07. The van der Waals surface area contributed by atoms with Crippen molar-refractivity contribution in [1.29, 1.82) is 0 Å². The van der Waals surface area contributed by atoms with Crippen LogP contribution >= 0.6 is 0 Å². The SMILES string of the molecule is O=C(c1ccc(S(=O)(=O)NC2CC2)cc1)N(CCc1ccccc1)Cc1ccccc1. The van der Waals surface area contributed by atoms with Crippen LogP contribution in [0.2, 0.25) is 0 Å². The fourth-order valence-electron chi connectivity index (χ4n) is 3.41. The van der Waals surface area contributed by atoms with Crippen molar-refractivity contribution < 1.29 is 13.2 Å². The summed E-state index contributed by atoms with van der Waals surface area (Å²) in [4.78, 5) is 15.3. The molecule has 3 aromatic carbocycles. The van der Waals surface area contributed by atoms with E-state index in [0.717, 1.165) is 24.8 Å². The maximum Gasteiger partial charge on any atom is 0.254 e. The Morgan fingerprint density at radius 2 is 1.42 bits per heavy atom. The summed E-state index contributed by atoms with van der Waals surface area (Å²) >= 11 is 0. The highest BCUT2D eigenvalue weighted by Crippen LogP contribution is 2.22. The highest BCUT2D eigenvalue weighted by molar-refractivity contribution is 7.89. The molecule has 1 fully saturated rings. The van der Waals surface area contributed by atoms with Crippen molar-refractivity contribution in [3.05, 3.63) is 102 Å². The first-order chi connectivity index (χ1) is 15.0. The van der Waals surface area contributed by atoms with Crippen LogP contribution in [0.25, 0.3) is 0 Å². The van der Waals surface area contributed by atoms with Gasteiger partial charge in [-0.05, 0) is 54.7 Å². The molecule has 4 rings (SSSR count). The standard InChI is InChI=1S/C25H26N2O3S/c28-25(22-11-15-24(16-12-22)31(29,30)26-23-13-14-23)27(19-21-9-5-2-6-10-21)18-17-20-7-3-1-4-8-20/h1-12,15-16,23,26H,13-14,17-19H2. The molecular weight excluding hydrogens is 408 g/mol. The normalized spacial score (nSPS) is 13.7. The molecule has 0 saturated heterocycles. The van der Waals surface area contributed by atoms with Crippen LogP contribution in [0.4, 0.5) is 0 Å². The van der Waals surface area contributed by atoms with Gasteiger partial charge in [0.05, 0.1) is 4.90 Å². The van der Waals surface area contributed by atoms with Crippen molar-refractivity contribution in [2.45, 2.75) is 36.7 Å². The first kappa shape index (κ1) is 21.3. The average Bonchev–Trinajstić information content (AvgIpc) is 3.61. The first-order valence-electron chi connectivity index (χ1n) is 10.5. The number of rotatable bonds is 9. The van der Waals surface area contributed by atoms with Crippen LogP contribution in [0.3, 0.4) is 0 Å². The first-order valence-corrected chi connectivity index (χ1v) is 12.0. The Balaban J connectivity index is 1.51. The van der Waals surface area contributed by atoms with Crippen molar-refractivity contribution in [3.63, 3.8) is 0 Å². The lowest BCUT2D eigenvalue weighted by Crippen LogP contribution is -2.32. The van der Waals surface area contributed by atoms with Gasteiger partial charge in [-0.3, -0.25) is 4.79 Å². The Morgan fingerprint density at radius 3 is 2.00 bits per heavy atom. The molecule has 0 spiro atoms. The predicted molar refractivity (Wildman–Crippen MR) is 121 cm³/mol. The van der Waals surface area contributed by atoms with Crippen LogP contribution in [-0.2, 0) is 23.0 Å². The van der Waals surface area contributed by atoms with Gasteiger partial charge in [-0.1, -0.05) is 60.7 Å². The number of sulfonamides is 1. The van der Waals surface area contributed by atoms with E-state index in [4.69, 9.17) is 0 Å². The number of carbonyl (C=O) groups excluding carboxylic acids is 1. The number of benzene rings is 3. The Morgan fingerprint density at radius 1 is 0.839 bits per heavy atom. The fourth-order valence-corrected chi connectivity index (χ4v) is 4.72. The van der Waals surface area contributed by atoms with Gasteiger partial charge in [0.15, 0.2) is 0 Å². The second-order valence-corrected chi connectivity index (χ2v) is 9.58. The van der Waals surface area contributed by atoms with E-state index in [9.17, 15) is 13.2 Å². The molecule has 1 aliphatic rings. The molecular formula is C25H26N2O3S. The zero-order valence-electron chi connectivity index (χ0n) is 17.3. The Kier molecular flexibility index (Phi) is 6.49. The molecule has 0 aliphatic heterocycles. The minimum absolute atomic E-state index is 0.0469. The lowest BCUT2D eigenvalue weighted by atomic mass is 10.1. The number of carbonyl (C=O) groups is 1. The number of amides is 1. The third-order valence-electron chi connectivity index (χ3n) is 5.33. The maximum absolute atomic E-state index is 13.3. The van der Waals surface area contributed by atoms with Crippen LogP contribution in [0, 0.1) is 0 Å². The summed E-state index contributed by atoms with van der Waals surface area (Å²) in [6, 6.07) is 26.2. The van der Waals surface area contributed by atoms with Gasteiger partial charge in [-0.25, -0.2) is 13.1 Å². The van der Waals surface area contributed by atoms with E-state index in [1.807, 2.05) is 53.4 Å². The smallest absolute Gasteiger partial charge is 0.254 e. The number of hydrogen-bond acceptors (Lipinski definition) is 3. The van der Waals surface area contributed by atoms with Crippen molar-refractivity contribution in [2.75, 3.05) is 6.54 Å². The minimum atomic E-state index is -3.53. The van der Waals surface area contributed by atoms with Gasteiger partial charge in [-0.15, -0.1) is 0 Å². The van der Waals surface area contributed by atoms with Crippen LogP contribution < -0.4 is 4.72 Å². The molecule has 1 saturated carbocycles. The molecule has 160 valence electrons. The lowest BCUT2D eigenvalue weighted by Gasteiger charge is -2.23. The number of nitrogens with one attached hydrogen (secondary N) is 1. The highest BCUT2D eigenvalue weighted by Gasteiger charge is 2.28. The van der Waals surface area contributed by atoms with E-state index in [1.165, 1.54) is 17.7 Å². The van der Waals surface area contributed by atoms with Crippen molar-refractivity contribution >= 4 is 15.9 Å². The van der Waals surface area contributed by atoms with Crippen molar-refractivity contribution in [1.82, 2.24) is 9.62 Å². The zero-order chi connectivity index (χ0) is 21.7. The van der Waals surface area contributed by atoms with E-state index >= 15 is 0 Å². The third kappa shape index (κ3) is 5.81. The van der Waals surface area contributed by atoms with E-state index in [2.05, 4.69) is 16.9 Å². The Labute approximate surface area is 183 Å². The van der Waals surface area contributed by atoms with Gasteiger partial charge in [-0.2, -0.15) is 0 Å². The van der Waals surface area contributed by atoms with Gasteiger partial charge in [0.1, 0.15) is 0 Å². The fraction of sp³-hybridized carbons (Fsp3) is 0.240. The van der Waals surface area contributed by atoms with Gasteiger partial charge in [0.25, 0.3) is 5.91 Å². The molecule has 0 radical (unpaired) electrons. The molecule has 0 heterocycles. The zero-order valence-corrected chi connectivity index (χ0v) is 18.1. The molecule has 3 aromatic rings. The van der Waals surface area contributed by atoms with E-state index in [1.54, 1.807) is 12.1 Å². The predicted octanol–water partition coefficient (Wildman–Crippen LogP) is 4.01. The van der Waals surface area contributed by atoms with E-state index in [0.29, 0.717) is 18.7 Å². The summed E-state index contributed by atoms with van der Waals surface area (Å²) in [6.07, 6.45) is 2.51. The second kappa shape index (κ2) is 9.45. The molecule has 0 atom stereocenters. The monoisotopic (exact) mass is 434 g/mol. The summed E-state index contributed by atoms with van der Waals surface area (Å²) in [5, 5.41) is 0. The molecule has 0 bridgehead atoms. The molecule has 5 nitrogen and oxygen atoms in total. The summed E-state index contributed by atoms with van der Waals surface area (Å²) in [5.41, 5.74) is 2.70. The molecule has 0 unspecified atom stereocenters. The van der Waals surface area contributed by atoms with Gasteiger partial charge in [0, 0.05) is 24.7 Å². The highest BCUT2D eigenvalue weighted by atomic mass is 32.2. The Bertz CT molecular complexity index is 1110. The minimum Gasteiger partial charge on any atom is -0.334 e. The molecule has 1 aliphatic carbocycles. The topological polar surface area (TPSA) is 66.5 Å². The molecule has 31 heavy (non-hydrogen) atoms. The Hall–Kier alpha value is -2.96. The lowest BCUT2D eigenvalue weighted by molar-refractivity contribution is 0.0745. The van der Waals surface area contributed by atoms with E-state index < -0.39 is 10.0 Å². The molecule has 0 aromatic heterocycles. The van der Waals surface area contributed by atoms with Crippen LogP contribution in [0.5, 0.6) is 0 Å². The average molecular weight is 435 g/mol. The summed E-state index contributed by atoms with van der Waals surface area (Å²) in [7, 11) is -3.53. The van der Waals surface area contributed by atoms with Crippen molar-refractivity contribution in [2.24, 2.45) is 0 Å². The van der Waals surface area contributed by atoms with Crippen LogP contribution in [0.15, 0.2) is 89.8 Å². The van der Waals surface area contributed by atoms with Crippen molar-refractivity contribution in [3.8, 4) is 0 Å². The summed E-state index contributed by atoms with van der Waals surface area (Å²) in [5.74, 6) is -0.112. The quantitative estimate of drug-likeness (QED) is 0.553. The second-order valence-electron chi connectivity index (χ2n) is 7.87. The van der Waals surface area contributed by atoms with Gasteiger partial charge < -0.3 is 4.90 Å². The molecule has 1 amide bonds.